The number of rotatable bonds is 5. The molecule has 0 unspecified atom stereocenters. The van der Waals surface area contributed by atoms with E-state index in [1.807, 2.05) is 36.5 Å². The Hall–Kier alpha value is -3.51. The first kappa shape index (κ1) is 18.3. The molecule has 0 saturated heterocycles. The quantitative estimate of drug-likeness (QED) is 0.433. The summed E-state index contributed by atoms with van der Waals surface area (Å²) in [6.07, 6.45) is 5.27. The zero-order valence-corrected chi connectivity index (χ0v) is 17.3. The Morgan fingerprint density at radius 3 is 2.10 bits per heavy atom. The minimum Gasteiger partial charge on any atom is -0.341 e. The van der Waals surface area contributed by atoms with Gasteiger partial charge in [0, 0.05) is 6.20 Å². The topological polar surface area (TPSA) is 73.5 Å². The molecule has 2 N–H and O–H groups in total. The average Bonchev–Trinajstić information content (AvgIpc) is 3.41. The molecule has 0 radical (unpaired) electrons. The van der Waals surface area contributed by atoms with Crippen molar-refractivity contribution < 1.29 is 0 Å². The number of imidazole rings is 2. The van der Waals surface area contributed by atoms with Crippen molar-refractivity contribution in [1.29, 1.82) is 0 Å². The van der Waals surface area contributed by atoms with E-state index in [9.17, 15) is 0 Å². The van der Waals surface area contributed by atoms with Crippen LogP contribution in [0.5, 0.6) is 0 Å². The summed E-state index contributed by atoms with van der Waals surface area (Å²) in [5.74, 6) is 1.95. The molecule has 2 aromatic carbocycles. The van der Waals surface area contributed by atoms with Crippen LogP contribution in [0.4, 0.5) is 0 Å². The molecule has 0 bridgehead atoms. The van der Waals surface area contributed by atoms with Crippen LogP contribution in [-0.2, 0) is 19.5 Å². The summed E-state index contributed by atoms with van der Waals surface area (Å²) >= 11 is 0. The number of aromatic amines is 2. The first-order valence-corrected chi connectivity index (χ1v) is 10.9. The highest BCUT2D eigenvalue weighted by atomic mass is 15.2. The predicted molar refractivity (Wildman–Crippen MR) is 121 cm³/mol. The number of hydrogen-bond acceptors (Lipinski definition) is 4. The molecule has 0 fully saturated rings. The van der Waals surface area contributed by atoms with Crippen LogP contribution < -0.4 is 0 Å². The van der Waals surface area contributed by atoms with Crippen LogP contribution in [0.1, 0.15) is 41.8 Å². The predicted octanol–water partition coefficient (Wildman–Crippen LogP) is 4.91. The van der Waals surface area contributed by atoms with Crippen molar-refractivity contribution in [3.8, 4) is 0 Å². The Kier molecular flexibility index (Phi) is 4.50. The van der Waals surface area contributed by atoms with Crippen molar-refractivity contribution in [2.24, 2.45) is 0 Å². The van der Waals surface area contributed by atoms with E-state index in [-0.39, 0.29) is 6.04 Å². The summed E-state index contributed by atoms with van der Waals surface area (Å²) in [5, 5.41) is 0. The van der Waals surface area contributed by atoms with Gasteiger partial charge in [0.2, 0.25) is 0 Å². The Balaban J connectivity index is 1.38. The number of aromatic nitrogens is 5. The van der Waals surface area contributed by atoms with Gasteiger partial charge in [-0.05, 0) is 55.2 Å². The Morgan fingerprint density at radius 1 is 0.806 bits per heavy atom. The SMILES string of the molecule is c1cnc2c(c1)CCC[C@@H]2N(Cc1nc2ccccc2[nH]1)Cc1nc2ccccc2[nH]1. The van der Waals surface area contributed by atoms with E-state index in [1.165, 1.54) is 17.7 Å². The maximum Gasteiger partial charge on any atom is 0.121 e. The van der Waals surface area contributed by atoms with E-state index in [0.717, 1.165) is 46.6 Å². The van der Waals surface area contributed by atoms with Crippen LogP contribution >= 0.6 is 0 Å². The van der Waals surface area contributed by atoms with Gasteiger partial charge in [0.05, 0.1) is 46.9 Å². The molecule has 1 aliphatic rings. The molecule has 0 aliphatic heterocycles. The highest BCUT2D eigenvalue weighted by Crippen LogP contribution is 2.34. The molecule has 154 valence electrons. The van der Waals surface area contributed by atoms with E-state index in [4.69, 9.17) is 15.0 Å². The van der Waals surface area contributed by atoms with Crippen molar-refractivity contribution in [2.45, 2.75) is 38.4 Å². The van der Waals surface area contributed by atoms with E-state index in [0.29, 0.717) is 13.1 Å². The number of nitrogens with one attached hydrogen (secondary N) is 2. The van der Waals surface area contributed by atoms with Crippen molar-refractivity contribution >= 4 is 22.1 Å². The summed E-state index contributed by atoms with van der Waals surface area (Å²) in [5.41, 5.74) is 6.71. The van der Waals surface area contributed by atoms with Crippen LogP contribution in [0.3, 0.4) is 0 Å². The molecule has 3 aromatic heterocycles. The number of aryl methyl sites for hydroxylation is 1. The largest absolute Gasteiger partial charge is 0.341 e. The zero-order chi connectivity index (χ0) is 20.6. The maximum absolute atomic E-state index is 4.84. The normalized spacial score (nSPS) is 16.2. The molecular weight excluding hydrogens is 384 g/mol. The summed E-state index contributed by atoms with van der Waals surface area (Å²) in [4.78, 5) is 23.9. The fourth-order valence-corrected chi connectivity index (χ4v) is 4.76. The van der Waals surface area contributed by atoms with Gasteiger partial charge in [0.15, 0.2) is 0 Å². The Bertz CT molecular complexity index is 1210. The van der Waals surface area contributed by atoms with Crippen molar-refractivity contribution in [3.63, 3.8) is 0 Å². The molecule has 3 heterocycles. The summed E-state index contributed by atoms with van der Waals surface area (Å²) in [7, 11) is 0. The molecule has 6 heteroatoms. The minimum absolute atomic E-state index is 0.242. The number of H-pyrrole nitrogens is 2. The van der Waals surface area contributed by atoms with Gasteiger partial charge in [-0.1, -0.05) is 30.3 Å². The number of nitrogens with zero attached hydrogens (tertiary/aromatic N) is 4. The monoisotopic (exact) mass is 408 g/mol. The van der Waals surface area contributed by atoms with Gasteiger partial charge in [-0.3, -0.25) is 9.88 Å². The van der Waals surface area contributed by atoms with Crippen molar-refractivity contribution in [1.82, 2.24) is 29.8 Å². The molecule has 0 amide bonds. The van der Waals surface area contributed by atoms with Gasteiger partial charge in [-0.25, -0.2) is 9.97 Å². The molecule has 5 aromatic rings. The first-order valence-electron chi connectivity index (χ1n) is 10.9. The Labute approximate surface area is 180 Å². The van der Waals surface area contributed by atoms with Crippen LogP contribution in [0.2, 0.25) is 0 Å². The fourth-order valence-electron chi connectivity index (χ4n) is 4.76. The molecule has 6 rings (SSSR count). The molecular formula is C25H24N6. The highest BCUT2D eigenvalue weighted by molar-refractivity contribution is 5.75. The van der Waals surface area contributed by atoms with E-state index in [1.54, 1.807) is 0 Å². The van der Waals surface area contributed by atoms with Gasteiger partial charge < -0.3 is 9.97 Å². The van der Waals surface area contributed by atoms with Crippen LogP contribution in [-0.4, -0.2) is 29.8 Å². The Morgan fingerprint density at radius 2 is 1.45 bits per heavy atom. The molecule has 0 spiro atoms. The molecule has 1 atom stereocenters. The molecule has 6 nitrogen and oxygen atoms in total. The van der Waals surface area contributed by atoms with Crippen molar-refractivity contribution in [2.75, 3.05) is 0 Å². The van der Waals surface area contributed by atoms with Gasteiger partial charge in [-0.15, -0.1) is 0 Å². The number of para-hydroxylation sites is 4. The lowest BCUT2D eigenvalue weighted by Gasteiger charge is -2.34. The highest BCUT2D eigenvalue weighted by Gasteiger charge is 2.28. The van der Waals surface area contributed by atoms with Crippen LogP contribution in [0.25, 0.3) is 22.1 Å². The van der Waals surface area contributed by atoms with Gasteiger partial charge in [0.1, 0.15) is 11.6 Å². The summed E-state index contributed by atoms with van der Waals surface area (Å²) < 4.78 is 0. The van der Waals surface area contributed by atoms with Crippen LogP contribution in [0.15, 0.2) is 66.9 Å². The standard InChI is InChI=1S/C25H24N6/c1-2-10-19-18(9-1)27-23(28-19)15-31(16-24-29-20-11-3-4-12-21(20)30-24)22-13-5-7-17-8-6-14-26-25(17)22/h1-4,6,8-12,14,22H,5,7,13,15-16H2,(H,27,28)(H,29,30)/t22-/m0/s1. The average molecular weight is 409 g/mol. The third kappa shape index (κ3) is 3.49. The second-order valence-corrected chi connectivity index (χ2v) is 8.26. The van der Waals surface area contributed by atoms with Crippen molar-refractivity contribution in [3.05, 3.63) is 89.8 Å². The lowest BCUT2D eigenvalue weighted by molar-refractivity contribution is 0.150. The molecule has 0 saturated carbocycles. The zero-order valence-electron chi connectivity index (χ0n) is 17.3. The third-order valence-electron chi connectivity index (χ3n) is 6.19. The minimum atomic E-state index is 0.242. The van der Waals surface area contributed by atoms with Crippen LogP contribution in [0, 0.1) is 0 Å². The number of pyridine rings is 1. The van der Waals surface area contributed by atoms with Gasteiger partial charge in [-0.2, -0.15) is 0 Å². The number of hydrogen-bond donors (Lipinski definition) is 2. The van der Waals surface area contributed by atoms with E-state index in [2.05, 4.69) is 45.2 Å². The maximum atomic E-state index is 4.84. The van der Waals surface area contributed by atoms with E-state index < -0.39 is 0 Å². The van der Waals surface area contributed by atoms with E-state index >= 15 is 0 Å². The smallest absolute Gasteiger partial charge is 0.121 e. The third-order valence-corrected chi connectivity index (χ3v) is 6.19. The second kappa shape index (κ2) is 7.63. The number of benzene rings is 2. The van der Waals surface area contributed by atoms with Gasteiger partial charge in [0.25, 0.3) is 0 Å². The summed E-state index contributed by atoms with van der Waals surface area (Å²) in [6.45, 7) is 1.43. The molecule has 31 heavy (non-hydrogen) atoms. The van der Waals surface area contributed by atoms with Gasteiger partial charge >= 0.3 is 0 Å². The number of fused-ring (bicyclic) bond motifs is 3. The lowest BCUT2D eigenvalue weighted by Crippen LogP contribution is -2.32. The lowest BCUT2D eigenvalue weighted by atomic mass is 9.90. The first-order chi connectivity index (χ1) is 15.3. The molecule has 1 aliphatic carbocycles. The summed E-state index contributed by atoms with van der Waals surface area (Å²) in [6, 6.07) is 20.9. The fraction of sp³-hybridized carbons (Fsp3) is 0.240. The second-order valence-electron chi connectivity index (χ2n) is 8.26.